The monoisotopic (exact) mass is 768 g/mol. The van der Waals surface area contributed by atoms with Gasteiger partial charge in [0.15, 0.2) is 0 Å². The van der Waals surface area contributed by atoms with Gasteiger partial charge >= 0.3 is 0 Å². The molecule has 0 fully saturated rings. The third-order valence-electron chi connectivity index (χ3n) is 11.9. The number of para-hydroxylation sites is 2. The maximum absolute atomic E-state index is 2.51. The molecule has 2 heterocycles. The minimum absolute atomic E-state index is 1.11. The van der Waals surface area contributed by atoms with Gasteiger partial charge in [-0.25, -0.2) is 0 Å². The van der Waals surface area contributed by atoms with Crippen molar-refractivity contribution >= 4 is 91.9 Å². The number of aromatic nitrogens is 1. The molecule has 0 aliphatic rings. The van der Waals surface area contributed by atoms with E-state index in [4.69, 9.17) is 0 Å². The van der Waals surface area contributed by atoms with Crippen LogP contribution in [0, 0.1) is 0 Å². The molecule has 0 aliphatic carbocycles. The Kier molecular flexibility index (Phi) is 7.75. The summed E-state index contributed by atoms with van der Waals surface area (Å²) in [5.41, 5.74) is 11.8. The molecule has 59 heavy (non-hydrogen) atoms. The van der Waals surface area contributed by atoms with E-state index in [2.05, 4.69) is 228 Å². The normalized spacial score (nSPS) is 11.7. The Morgan fingerprint density at radius 2 is 1.02 bits per heavy atom. The number of hydrogen-bond acceptors (Lipinski definition) is 2. The van der Waals surface area contributed by atoms with Crippen molar-refractivity contribution in [2.24, 2.45) is 0 Å². The van der Waals surface area contributed by atoms with Crippen molar-refractivity contribution in [2.45, 2.75) is 0 Å². The molecule has 0 aliphatic heterocycles. The van der Waals surface area contributed by atoms with Gasteiger partial charge in [-0.05, 0) is 111 Å². The van der Waals surface area contributed by atoms with Gasteiger partial charge in [0, 0.05) is 42.3 Å². The molecule has 2 nitrogen and oxygen atoms in total. The van der Waals surface area contributed by atoms with Gasteiger partial charge in [-0.3, -0.25) is 0 Å². The standard InChI is InChI=1S/C56H36N2S/c1-3-15-38(16-4-1)48-36-41(35-40-18-8-9-21-44(40)48)37-29-32-43(33-30-37)58(52-27-14-28-53-55(52)47-34-31-39-17-7-10-22-45(39)56(47)59-53)51-26-13-25-50-54(51)46-23-11-12-24-49(46)57(50)42-19-5-2-6-20-42/h1-36H. The molecule has 3 heteroatoms. The van der Waals surface area contributed by atoms with E-state index < -0.39 is 0 Å². The fourth-order valence-corrected chi connectivity index (χ4v) is 10.6. The van der Waals surface area contributed by atoms with Crippen LogP contribution < -0.4 is 4.90 Å². The van der Waals surface area contributed by atoms with Crippen LogP contribution in [-0.4, -0.2) is 4.57 Å². The van der Waals surface area contributed by atoms with Gasteiger partial charge in [0.05, 0.1) is 22.4 Å². The molecule has 12 aromatic rings. The zero-order valence-electron chi connectivity index (χ0n) is 32.1. The summed E-state index contributed by atoms with van der Waals surface area (Å²) in [6, 6.07) is 79.9. The molecule has 0 atom stereocenters. The maximum Gasteiger partial charge on any atom is 0.0562 e. The molecule has 0 saturated carbocycles. The van der Waals surface area contributed by atoms with Gasteiger partial charge in [0.1, 0.15) is 0 Å². The molecule has 276 valence electrons. The lowest BCUT2D eigenvalue weighted by atomic mass is 9.93. The van der Waals surface area contributed by atoms with Gasteiger partial charge in [-0.2, -0.15) is 0 Å². The molecule has 2 aromatic heterocycles. The molecule has 12 rings (SSSR count). The van der Waals surface area contributed by atoms with Crippen LogP contribution in [0.15, 0.2) is 218 Å². The third kappa shape index (κ3) is 5.40. The summed E-state index contributed by atoms with van der Waals surface area (Å²) in [4.78, 5) is 2.51. The van der Waals surface area contributed by atoms with Crippen molar-refractivity contribution in [2.75, 3.05) is 4.90 Å². The van der Waals surface area contributed by atoms with Crippen LogP contribution in [-0.2, 0) is 0 Å². The predicted octanol–water partition coefficient (Wildman–Crippen LogP) is 16.3. The average molecular weight is 769 g/mol. The molecular weight excluding hydrogens is 733 g/mol. The lowest BCUT2D eigenvalue weighted by Gasteiger charge is -2.28. The number of fused-ring (bicyclic) bond motifs is 9. The van der Waals surface area contributed by atoms with Gasteiger partial charge in [0.2, 0.25) is 0 Å². The van der Waals surface area contributed by atoms with Crippen molar-refractivity contribution in [1.29, 1.82) is 0 Å². The van der Waals surface area contributed by atoms with Crippen molar-refractivity contribution in [1.82, 2.24) is 4.57 Å². The Morgan fingerprint density at radius 1 is 0.373 bits per heavy atom. The summed E-state index contributed by atoms with van der Waals surface area (Å²) in [6.07, 6.45) is 0. The second-order valence-electron chi connectivity index (χ2n) is 15.3. The quantitative estimate of drug-likeness (QED) is 0.164. The highest BCUT2D eigenvalue weighted by Gasteiger charge is 2.24. The summed E-state index contributed by atoms with van der Waals surface area (Å²) in [6.45, 7) is 0. The zero-order valence-corrected chi connectivity index (χ0v) is 32.9. The second-order valence-corrected chi connectivity index (χ2v) is 16.3. The number of thiophene rings is 1. The van der Waals surface area contributed by atoms with E-state index in [9.17, 15) is 0 Å². The Hall–Kier alpha value is -7.46. The topological polar surface area (TPSA) is 8.17 Å². The fourth-order valence-electron chi connectivity index (χ4n) is 9.31. The fraction of sp³-hybridized carbons (Fsp3) is 0. The van der Waals surface area contributed by atoms with Crippen LogP contribution in [0.5, 0.6) is 0 Å². The van der Waals surface area contributed by atoms with E-state index >= 15 is 0 Å². The summed E-state index contributed by atoms with van der Waals surface area (Å²) in [5, 5.41) is 10.1. The van der Waals surface area contributed by atoms with Gasteiger partial charge < -0.3 is 9.47 Å². The van der Waals surface area contributed by atoms with Crippen LogP contribution >= 0.6 is 11.3 Å². The van der Waals surface area contributed by atoms with E-state index in [1.807, 2.05) is 11.3 Å². The largest absolute Gasteiger partial charge is 0.309 e. The van der Waals surface area contributed by atoms with Crippen LogP contribution in [0.4, 0.5) is 17.1 Å². The molecule has 0 bridgehead atoms. The molecule has 0 spiro atoms. The van der Waals surface area contributed by atoms with Crippen LogP contribution in [0.2, 0.25) is 0 Å². The third-order valence-corrected chi connectivity index (χ3v) is 13.1. The Bertz CT molecular complexity index is 3540. The number of anilines is 3. The number of nitrogens with zero attached hydrogens (tertiary/aromatic N) is 2. The van der Waals surface area contributed by atoms with E-state index in [1.54, 1.807) is 0 Å². The summed E-state index contributed by atoms with van der Waals surface area (Å²) >= 11 is 1.89. The van der Waals surface area contributed by atoms with Crippen LogP contribution in [0.25, 0.3) is 91.5 Å². The molecule has 0 N–H and O–H groups in total. The first-order valence-electron chi connectivity index (χ1n) is 20.2. The van der Waals surface area contributed by atoms with Crippen molar-refractivity contribution in [3.63, 3.8) is 0 Å². The summed E-state index contributed by atoms with van der Waals surface area (Å²) in [7, 11) is 0. The average Bonchev–Trinajstić information content (AvgIpc) is 3.87. The maximum atomic E-state index is 2.51. The molecule has 0 saturated heterocycles. The lowest BCUT2D eigenvalue weighted by Crippen LogP contribution is -2.11. The first-order valence-corrected chi connectivity index (χ1v) is 21.0. The SMILES string of the molecule is c1ccc(-c2cc(-c3ccc(N(c4cccc5sc6c7ccccc7ccc6c45)c4cccc5c4c4ccccc4n5-c4ccccc4)cc3)cc3ccccc23)cc1. The van der Waals surface area contributed by atoms with E-state index in [0.29, 0.717) is 0 Å². The Balaban J connectivity index is 1.11. The molecular formula is C56H36N2S. The number of rotatable bonds is 6. The van der Waals surface area contributed by atoms with E-state index in [1.165, 1.54) is 85.8 Å². The molecule has 10 aromatic carbocycles. The van der Waals surface area contributed by atoms with Crippen LogP contribution in [0.3, 0.4) is 0 Å². The zero-order chi connectivity index (χ0) is 38.9. The van der Waals surface area contributed by atoms with Crippen molar-refractivity contribution in [3.8, 4) is 27.9 Å². The predicted molar refractivity (Wildman–Crippen MR) is 254 cm³/mol. The van der Waals surface area contributed by atoms with Gasteiger partial charge in [-0.15, -0.1) is 11.3 Å². The second kappa shape index (κ2) is 13.6. The molecule has 0 radical (unpaired) electrons. The highest BCUT2D eigenvalue weighted by atomic mass is 32.1. The number of benzene rings is 10. The van der Waals surface area contributed by atoms with Crippen molar-refractivity contribution < 1.29 is 0 Å². The summed E-state index contributed by atoms with van der Waals surface area (Å²) in [5.74, 6) is 0. The van der Waals surface area contributed by atoms with E-state index in [0.717, 1.165) is 22.7 Å². The van der Waals surface area contributed by atoms with Gasteiger partial charge in [0.25, 0.3) is 0 Å². The Morgan fingerprint density at radius 3 is 1.83 bits per heavy atom. The first-order chi connectivity index (χ1) is 29.3. The highest BCUT2D eigenvalue weighted by Crippen LogP contribution is 2.49. The van der Waals surface area contributed by atoms with Crippen LogP contribution in [0.1, 0.15) is 0 Å². The van der Waals surface area contributed by atoms with Crippen molar-refractivity contribution in [3.05, 3.63) is 218 Å². The molecule has 0 amide bonds. The minimum Gasteiger partial charge on any atom is -0.309 e. The smallest absolute Gasteiger partial charge is 0.0562 e. The number of hydrogen-bond donors (Lipinski definition) is 0. The minimum atomic E-state index is 1.11. The first kappa shape index (κ1) is 33.7. The highest BCUT2D eigenvalue weighted by molar-refractivity contribution is 7.26. The summed E-state index contributed by atoms with van der Waals surface area (Å²) < 4.78 is 5.01. The lowest BCUT2D eigenvalue weighted by molar-refractivity contribution is 1.18. The molecule has 0 unspecified atom stereocenters. The van der Waals surface area contributed by atoms with Gasteiger partial charge in [-0.1, -0.05) is 152 Å². The Labute approximate surface area is 346 Å². The van der Waals surface area contributed by atoms with E-state index in [-0.39, 0.29) is 0 Å².